The minimum absolute atomic E-state index is 0.136. The SMILES string of the molecule is O=C(O)CC1(CNC(=O)NC2CCCCC2)CCC1. The Labute approximate surface area is 114 Å². The first-order valence-corrected chi connectivity index (χ1v) is 7.36. The van der Waals surface area contributed by atoms with Crippen molar-refractivity contribution < 1.29 is 14.7 Å². The minimum Gasteiger partial charge on any atom is -0.481 e. The first kappa shape index (κ1) is 14.2. The first-order valence-electron chi connectivity index (χ1n) is 7.36. The van der Waals surface area contributed by atoms with Crippen molar-refractivity contribution in [1.82, 2.24) is 10.6 Å². The molecule has 2 fully saturated rings. The highest BCUT2D eigenvalue weighted by atomic mass is 16.4. The molecule has 19 heavy (non-hydrogen) atoms. The average molecular weight is 268 g/mol. The molecule has 0 bridgehead atoms. The molecular weight excluding hydrogens is 244 g/mol. The van der Waals surface area contributed by atoms with Crippen LogP contribution in [0.2, 0.25) is 0 Å². The number of carboxylic acids is 1. The van der Waals surface area contributed by atoms with Crippen LogP contribution in [0, 0.1) is 5.41 Å². The fourth-order valence-electron chi connectivity index (χ4n) is 3.16. The maximum Gasteiger partial charge on any atom is 0.315 e. The highest BCUT2D eigenvalue weighted by molar-refractivity contribution is 5.74. The minimum atomic E-state index is -0.769. The van der Waals surface area contributed by atoms with Gasteiger partial charge in [-0.15, -0.1) is 0 Å². The highest BCUT2D eigenvalue weighted by Gasteiger charge is 2.39. The molecule has 0 radical (unpaired) electrons. The lowest BCUT2D eigenvalue weighted by Gasteiger charge is -2.41. The lowest BCUT2D eigenvalue weighted by atomic mass is 9.66. The molecule has 2 rings (SSSR count). The molecule has 108 valence electrons. The predicted octanol–water partition coefficient (Wildman–Crippen LogP) is 2.26. The third kappa shape index (κ3) is 4.11. The van der Waals surface area contributed by atoms with Crippen molar-refractivity contribution in [2.24, 2.45) is 5.41 Å². The summed E-state index contributed by atoms with van der Waals surface area (Å²) >= 11 is 0. The van der Waals surface area contributed by atoms with E-state index in [0.29, 0.717) is 12.6 Å². The molecule has 0 heterocycles. The number of rotatable bonds is 5. The Morgan fingerprint density at radius 2 is 1.79 bits per heavy atom. The molecule has 3 N–H and O–H groups in total. The van der Waals surface area contributed by atoms with E-state index in [9.17, 15) is 9.59 Å². The molecule has 0 aliphatic heterocycles. The van der Waals surface area contributed by atoms with Crippen molar-refractivity contribution in [3.8, 4) is 0 Å². The van der Waals surface area contributed by atoms with Gasteiger partial charge in [0, 0.05) is 12.6 Å². The Morgan fingerprint density at radius 3 is 2.32 bits per heavy atom. The summed E-state index contributed by atoms with van der Waals surface area (Å²) in [6.07, 6.45) is 8.81. The largest absolute Gasteiger partial charge is 0.481 e. The number of hydrogen-bond donors (Lipinski definition) is 3. The molecule has 0 aromatic carbocycles. The van der Waals surface area contributed by atoms with Gasteiger partial charge in [0.25, 0.3) is 0 Å². The zero-order chi connectivity index (χ0) is 13.7. The van der Waals surface area contributed by atoms with E-state index in [4.69, 9.17) is 5.11 Å². The summed E-state index contributed by atoms with van der Waals surface area (Å²) in [5.74, 6) is -0.769. The summed E-state index contributed by atoms with van der Waals surface area (Å²) in [5, 5.41) is 14.8. The highest BCUT2D eigenvalue weighted by Crippen LogP contribution is 2.43. The molecule has 5 heteroatoms. The van der Waals surface area contributed by atoms with Gasteiger partial charge in [-0.3, -0.25) is 4.79 Å². The van der Waals surface area contributed by atoms with E-state index in [0.717, 1.165) is 32.1 Å². The predicted molar refractivity (Wildman–Crippen MR) is 71.9 cm³/mol. The number of urea groups is 1. The van der Waals surface area contributed by atoms with Crippen molar-refractivity contribution in [1.29, 1.82) is 0 Å². The van der Waals surface area contributed by atoms with Gasteiger partial charge >= 0.3 is 12.0 Å². The average Bonchev–Trinajstić information content (AvgIpc) is 2.33. The maximum atomic E-state index is 11.8. The number of carbonyl (C=O) groups is 2. The van der Waals surface area contributed by atoms with E-state index in [1.54, 1.807) is 0 Å². The summed E-state index contributed by atoms with van der Waals surface area (Å²) in [6.45, 7) is 0.484. The maximum absolute atomic E-state index is 11.8. The summed E-state index contributed by atoms with van der Waals surface area (Å²) in [5.41, 5.74) is -0.199. The second-order valence-electron chi connectivity index (χ2n) is 6.09. The van der Waals surface area contributed by atoms with Crippen LogP contribution in [0.4, 0.5) is 4.79 Å². The van der Waals surface area contributed by atoms with Crippen molar-refractivity contribution in [2.45, 2.75) is 63.8 Å². The monoisotopic (exact) mass is 268 g/mol. The van der Waals surface area contributed by atoms with Crippen LogP contribution >= 0.6 is 0 Å². The third-order valence-corrected chi connectivity index (χ3v) is 4.50. The molecule has 0 unspecified atom stereocenters. The van der Waals surface area contributed by atoms with Crippen LogP contribution in [-0.2, 0) is 4.79 Å². The standard InChI is InChI=1S/C14H24N2O3/c17-12(18)9-14(7-4-8-14)10-15-13(19)16-11-5-2-1-3-6-11/h11H,1-10H2,(H,17,18)(H2,15,16,19). The van der Waals surface area contributed by atoms with E-state index in [1.807, 2.05) is 0 Å². The number of amides is 2. The smallest absolute Gasteiger partial charge is 0.315 e. The summed E-state index contributed by atoms with van der Waals surface area (Å²) in [7, 11) is 0. The van der Waals surface area contributed by atoms with Crippen LogP contribution in [0.15, 0.2) is 0 Å². The van der Waals surface area contributed by atoms with Gasteiger partial charge in [0.1, 0.15) is 0 Å². The Bertz CT molecular complexity index is 334. The lowest BCUT2D eigenvalue weighted by molar-refractivity contribution is -0.141. The molecule has 2 saturated carbocycles. The lowest BCUT2D eigenvalue weighted by Crippen LogP contribution is -2.49. The summed E-state index contributed by atoms with van der Waals surface area (Å²) in [6, 6.07) is 0.161. The Balaban J connectivity index is 1.71. The molecule has 2 amide bonds. The molecule has 0 aromatic heterocycles. The quantitative estimate of drug-likeness (QED) is 0.715. The first-order chi connectivity index (χ1) is 9.10. The second kappa shape index (κ2) is 6.26. The molecule has 0 atom stereocenters. The van der Waals surface area contributed by atoms with Crippen LogP contribution in [0.25, 0.3) is 0 Å². The molecule has 2 aliphatic rings. The van der Waals surface area contributed by atoms with Gasteiger partial charge < -0.3 is 15.7 Å². The van der Waals surface area contributed by atoms with E-state index in [1.165, 1.54) is 19.3 Å². The van der Waals surface area contributed by atoms with Crippen LogP contribution in [-0.4, -0.2) is 29.7 Å². The number of hydrogen-bond acceptors (Lipinski definition) is 2. The topological polar surface area (TPSA) is 78.4 Å². The van der Waals surface area contributed by atoms with E-state index in [-0.39, 0.29) is 17.9 Å². The van der Waals surface area contributed by atoms with Gasteiger partial charge in [-0.1, -0.05) is 25.7 Å². The number of carbonyl (C=O) groups excluding carboxylic acids is 1. The van der Waals surface area contributed by atoms with Gasteiger partial charge in [-0.25, -0.2) is 4.79 Å². The Morgan fingerprint density at radius 1 is 1.11 bits per heavy atom. The van der Waals surface area contributed by atoms with E-state index < -0.39 is 5.97 Å². The van der Waals surface area contributed by atoms with E-state index >= 15 is 0 Å². The zero-order valence-corrected chi connectivity index (χ0v) is 11.4. The molecule has 0 aromatic rings. The van der Waals surface area contributed by atoms with Gasteiger partial charge in [0.2, 0.25) is 0 Å². The van der Waals surface area contributed by atoms with Gasteiger partial charge in [0.05, 0.1) is 6.42 Å². The zero-order valence-electron chi connectivity index (χ0n) is 11.4. The fourth-order valence-corrected chi connectivity index (χ4v) is 3.16. The summed E-state index contributed by atoms with van der Waals surface area (Å²) in [4.78, 5) is 22.7. The van der Waals surface area contributed by atoms with Crippen molar-refractivity contribution in [2.75, 3.05) is 6.54 Å². The van der Waals surface area contributed by atoms with Gasteiger partial charge in [-0.05, 0) is 31.1 Å². The van der Waals surface area contributed by atoms with Gasteiger partial charge in [-0.2, -0.15) is 0 Å². The molecule has 5 nitrogen and oxygen atoms in total. The number of aliphatic carboxylic acids is 1. The molecule has 2 aliphatic carbocycles. The van der Waals surface area contributed by atoms with Crippen LogP contribution in [0.5, 0.6) is 0 Å². The van der Waals surface area contributed by atoms with Crippen LogP contribution in [0.3, 0.4) is 0 Å². The van der Waals surface area contributed by atoms with Crippen LogP contribution < -0.4 is 10.6 Å². The molecular formula is C14H24N2O3. The van der Waals surface area contributed by atoms with Gasteiger partial charge in [0.15, 0.2) is 0 Å². The Hall–Kier alpha value is -1.26. The van der Waals surface area contributed by atoms with Crippen molar-refractivity contribution in [3.05, 3.63) is 0 Å². The third-order valence-electron chi connectivity index (χ3n) is 4.50. The summed E-state index contributed by atoms with van der Waals surface area (Å²) < 4.78 is 0. The number of nitrogens with one attached hydrogen (secondary N) is 2. The molecule has 0 spiro atoms. The second-order valence-corrected chi connectivity index (χ2v) is 6.09. The Kier molecular flexibility index (Phi) is 4.66. The van der Waals surface area contributed by atoms with E-state index in [2.05, 4.69) is 10.6 Å². The van der Waals surface area contributed by atoms with Crippen molar-refractivity contribution >= 4 is 12.0 Å². The number of carboxylic acid groups (broad SMARTS) is 1. The molecule has 0 saturated heterocycles. The normalized spacial score (nSPS) is 22.3. The van der Waals surface area contributed by atoms with Crippen LogP contribution in [0.1, 0.15) is 57.8 Å². The van der Waals surface area contributed by atoms with Crippen molar-refractivity contribution in [3.63, 3.8) is 0 Å². The fraction of sp³-hybridized carbons (Fsp3) is 0.857.